The standard InChI is InChI=1S/C12H16BrNO3/c1-16-12(15)14-10-4-6-11(7-5-10)17-9-3-2-8-13/h4-7H,2-3,8-9H2,1H3,(H,14,15). The Morgan fingerprint density at radius 2 is 2.00 bits per heavy atom. The fourth-order valence-electron chi connectivity index (χ4n) is 1.19. The van der Waals surface area contributed by atoms with Gasteiger partial charge in [-0.05, 0) is 37.1 Å². The second-order valence-electron chi connectivity index (χ2n) is 3.39. The zero-order valence-corrected chi connectivity index (χ0v) is 11.3. The van der Waals surface area contributed by atoms with E-state index < -0.39 is 6.09 Å². The fourth-order valence-corrected chi connectivity index (χ4v) is 1.59. The molecule has 17 heavy (non-hydrogen) atoms. The Kier molecular flexibility index (Phi) is 6.47. The van der Waals surface area contributed by atoms with Crippen molar-refractivity contribution in [2.75, 3.05) is 24.4 Å². The van der Waals surface area contributed by atoms with Crippen LogP contribution in [0.15, 0.2) is 24.3 Å². The number of hydrogen-bond donors (Lipinski definition) is 1. The number of carbonyl (C=O) groups excluding carboxylic acids is 1. The molecule has 0 aromatic heterocycles. The molecular weight excluding hydrogens is 286 g/mol. The van der Waals surface area contributed by atoms with Gasteiger partial charge in [0.2, 0.25) is 0 Å². The Bertz CT molecular complexity index is 340. The number of halogens is 1. The van der Waals surface area contributed by atoms with Crippen molar-refractivity contribution in [1.82, 2.24) is 0 Å². The van der Waals surface area contributed by atoms with Gasteiger partial charge in [0.25, 0.3) is 0 Å². The van der Waals surface area contributed by atoms with Crippen molar-refractivity contribution >= 4 is 27.7 Å². The Hall–Kier alpha value is -1.23. The Morgan fingerprint density at radius 1 is 1.29 bits per heavy atom. The number of rotatable bonds is 6. The minimum absolute atomic E-state index is 0.476. The highest BCUT2D eigenvalue weighted by Crippen LogP contribution is 2.16. The number of amides is 1. The van der Waals surface area contributed by atoms with Gasteiger partial charge in [0.1, 0.15) is 5.75 Å². The van der Waals surface area contributed by atoms with E-state index in [1.54, 1.807) is 12.1 Å². The van der Waals surface area contributed by atoms with Crippen LogP contribution in [0.3, 0.4) is 0 Å². The predicted molar refractivity (Wildman–Crippen MR) is 71.0 cm³/mol. The molecule has 0 spiro atoms. The summed E-state index contributed by atoms with van der Waals surface area (Å²) in [5.41, 5.74) is 0.685. The molecule has 0 aliphatic heterocycles. The number of hydrogen-bond acceptors (Lipinski definition) is 3. The maximum Gasteiger partial charge on any atom is 0.411 e. The maximum atomic E-state index is 10.9. The van der Waals surface area contributed by atoms with Crippen molar-refractivity contribution < 1.29 is 14.3 Å². The van der Waals surface area contributed by atoms with E-state index in [0.29, 0.717) is 12.3 Å². The minimum atomic E-state index is -0.476. The summed E-state index contributed by atoms with van der Waals surface area (Å²) in [6, 6.07) is 7.19. The second-order valence-corrected chi connectivity index (χ2v) is 4.18. The lowest BCUT2D eigenvalue weighted by atomic mass is 10.3. The van der Waals surface area contributed by atoms with Gasteiger partial charge in [0, 0.05) is 11.0 Å². The summed E-state index contributed by atoms with van der Waals surface area (Å²) >= 11 is 3.37. The molecule has 1 amide bonds. The van der Waals surface area contributed by atoms with Crippen LogP contribution < -0.4 is 10.1 Å². The molecule has 0 unspecified atom stereocenters. The monoisotopic (exact) mass is 301 g/mol. The summed E-state index contributed by atoms with van der Waals surface area (Å²) in [6.07, 6.45) is 1.64. The largest absolute Gasteiger partial charge is 0.494 e. The van der Waals surface area contributed by atoms with Crippen molar-refractivity contribution in [2.45, 2.75) is 12.8 Å². The molecule has 0 bridgehead atoms. The van der Waals surface area contributed by atoms with Crippen LogP contribution >= 0.6 is 15.9 Å². The summed E-state index contributed by atoms with van der Waals surface area (Å²) < 4.78 is 10.0. The van der Waals surface area contributed by atoms with Gasteiger partial charge in [-0.2, -0.15) is 0 Å². The van der Waals surface area contributed by atoms with E-state index in [1.807, 2.05) is 12.1 Å². The van der Waals surface area contributed by atoms with E-state index in [9.17, 15) is 4.79 Å². The molecule has 5 heteroatoms. The van der Waals surface area contributed by atoms with Gasteiger partial charge in [-0.25, -0.2) is 4.79 Å². The van der Waals surface area contributed by atoms with Crippen LogP contribution in [0.2, 0.25) is 0 Å². The topological polar surface area (TPSA) is 47.6 Å². The number of ether oxygens (including phenoxy) is 2. The van der Waals surface area contributed by atoms with Gasteiger partial charge < -0.3 is 9.47 Å². The molecule has 0 aliphatic rings. The van der Waals surface area contributed by atoms with Gasteiger partial charge in [-0.1, -0.05) is 15.9 Å². The highest BCUT2D eigenvalue weighted by Gasteiger charge is 2.00. The first kappa shape index (κ1) is 13.8. The molecule has 0 heterocycles. The molecule has 0 saturated heterocycles. The minimum Gasteiger partial charge on any atom is -0.494 e. The second kappa shape index (κ2) is 7.95. The number of benzene rings is 1. The molecule has 4 nitrogen and oxygen atoms in total. The molecule has 1 aromatic carbocycles. The molecule has 1 N–H and O–H groups in total. The molecular formula is C12H16BrNO3. The third kappa shape index (κ3) is 5.58. The maximum absolute atomic E-state index is 10.9. The summed E-state index contributed by atoms with van der Waals surface area (Å²) in [7, 11) is 1.33. The molecule has 94 valence electrons. The smallest absolute Gasteiger partial charge is 0.411 e. The molecule has 0 atom stereocenters. The lowest BCUT2D eigenvalue weighted by Crippen LogP contribution is -2.10. The summed E-state index contributed by atoms with van der Waals surface area (Å²) in [4.78, 5) is 10.9. The summed E-state index contributed by atoms with van der Waals surface area (Å²) in [5, 5.41) is 3.57. The number of unbranched alkanes of at least 4 members (excludes halogenated alkanes) is 1. The van der Waals surface area contributed by atoms with Gasteiger partial charge >= 0.3 is 6.09 Å². The van der Waals surface area contributed by atoms with Gasteiger partial charge in [0.15, 0.2) is 0 Å². The zero-order chi connectivity index (χ0) is 12.5. The fraction of sp³-hybridized carbons (Fsp3) is 0.417. The molecule has 0 saturated carbocycles. The Morgan fingerprint density at radius 3 is 2.59 bits per heavy atom. The molecule has 1 aromatic rings. The number of carbonyl (C=O) groups is 1. The first-order valence-electron chi connectivity index (χ1n) is 5.40. The SMILES string of the molecule is COC(=O)Nc1ccc(OCCCCBr)cc1. The number of alkyl halides is 1. The lowest BCUT2D eigenvalue weighted by Gasteiger charge is -2.07. The van der Waals surface area contributed by atoms with E-state index in [4.69, 9.17) is 4.74 Å². The van der Waals surface area contributed by atoms with E-state index >= 15 is 0 Å². The van der Waals surface area contributed by atoms with Gasteiger partial charge in [-0.3, -0.25) is 5.32 Å². The van der Waals surface area contributed by atoms with E-state index in [1.165, 1.54) is 7.11 Å². The highest BCUT2D eigenvalue weighted by atomic mass is 79.9. The average molecular weight is 302 g/mol. The van der Waals surface area contributed by atoms with E-state index in [0.717, 1.165) is 23.9 Å². The Balaban J connectivity index is 2.36. The quantitative estimate of drug-likeness (QED) is 0.647. The molecule has 1 rings (SSSR count). The molecule has 0 aliphatic carbocycles. The van der Waals surface area contributed by atoms with Crippen molar-refractivity contribution in [3.63, 3.8) is 0 Å². The molecule has 0 fully saturated rings. The number of methoxy groups -OCH3 is 1. The summed E-state index contributed by atoms with van der Waals surface area (Å²) in [5.74, 6) is 0.801. The third-order valence-electron chi connectivity index (χ3n) is 2.08. The van der Waals surface area contributed by atoms with E-state index in [-0.39, 0.29) is 0 Å². The normalized spacial score (nSPS) is 9.76. The lowest BCUT2D eigenvalue weighted by molar-refractivity contribution is 0.187. The van der Waals surface area contributed by atoms with Crippen molar-refractivity contribution in [3.8, 4) is 5.75 Å². The van der Waals surface area contributed by atoms with E-state index in [2.05, 4.69) is 26.0 Å². The van der Waals surface area contributed by atoms with Crippen LogP contribution in [0.25, 0.3) is 0 Å². The number of nitrogens with one attached hydrogen (secondary N) is 1. The highest BCUT2D eigenvalue weighted by molar-refractivity contribution is 9.09. The first-order valence-corrected chi connectivity index (χ1v) is 6.52. The Labute approximate surface area is 109 Å². The van der Waals surface area contributed by atoms with Crippen LogP contribution in [0.1, 0.15) is 12.8 Å². The predicted octanol–water partition coefficient (Wildman–Crippen LogP) is 3.42. The van der Waals surface area contributed by atoms with Crippen LogP contribution in [0.5, 0.6) is 5.75 Å². The number of anilines is 1. The van der Waals surface area contributed by atoms with Crippen LogP contribution in [0, 0.1) is 0 Å². The van der Waals surface area contributed by atoms with Crippen molar-refractivity contribution in [3.05, 3.63) is 24.3 Å². The van der Waals surface area contributed by atoms with Crippen LogP contribution in [-0.2, 0) is 4.74 Å². The zero-order valence-electron chi connectivity index (χ0n) is 9.74. The van der Waals surface area contributed by atoms with Crippen LogP contribution in [-0.4, -0.2) is 25.1 Å². The van der Waals surface area contributed by atoms with Crippen molar-refractivity contribution in [2.24, 2.45) is 0 Å². The van der Waals surface area contributed by atoms with Gasteiger partial charge in [-0.15, -0.1) is 0 Å². The first-order chi connectivity index (χ1) is 8.26. The van der Waals surface area contributed by atoms with Crippen molar-refractivity contribution in [1.29, 1.82) is 0 Å². The van der Waals surface area contributed by atoms with Crippen LogP contribution in [0.4, 0.5) is 10.5 Å². The molecule has 0 radical (unpaired) electrons. The van der Waals surface area contributed by atoms with Gasteiger partial charge in [0.05, 0.1) is 13.7 Å². The summed E-state index contributed by atoms with van der Waals surface area (Å²) in [6.45, 7) is 0.704. The third-order valence-corrected chi connectivity index (χ3v) is 2.64. The average Bonchev–Trinajstić information content (AvgIpc) is 2.36.